The Morgan fingerprint density at radius 2 is 1.78 bits per heavy atom. The maximum Gasteiger partial charge on any atom is 0.471 e. The topological polar surface area (TPSA) is 49.9 Å². The van der Waals surface area contributed by atoms with Crippen molar-refractivity contribution in [3.63, 3.8) is 0 Å². The molecule has 1 saturated carbocycles. The fraction of sp³-hybridized carbons (Fsp3) is 0.500. The molecule has 0 radical (unpaired) electrons. The highest BCUT2D eigenvalue weighted by atomic mass is 19.4. The maximum atomic E-state index is 13.4. The van der Waals surface area contributed by atoms with E-state index in [9.17, 15) is 22.8 Å². The molecule has 0 bridgehead atoms. The second-order valence-electron chi connectivity index (χ2n) is 9.86. The van der Waals surface area contributed by atoms with Crippen LogP contribution in [0.15, 0.2) is 54.6 Å². The van der Waals surface area contributed by atoms with Crippen LogP contribution in [-0.2, 0) is 16.0 Å². The van der Waals surface area contributed by atoms with Crippen LogP contribution in [0.4, 0.5) is 13.2 Å². The second kappa shape index (κ2) is 11.5. The minimum atomic E-state index is -4.85. The van der Waals surface area contributed by atoms with Crippen molar-refractivity contribution in [3.8, 4) is 0 Å². The van der Waals surface area contributed by atoms with Crippen molar-refractivity contribution in [3.05, 3.63) is 71.3 Å². The molecule has 2 fully saturated rings. The average molecular weight is 503 g/mol. The van der Waals surface area contributed by atoms with Crippen LogP contribution in [0, 0.1) is 5.92 Å². The van der Waals surface area contributed by atoms with Gasteiger partial charge in [0, 0.05) is 18.5 Å². The van der Waals surface area contributed by atoms with Crippen molar-refractivity contribution in [2.45, 2.75) is 50.2 Å². The molecule has 5 nitrogen and oxygen atoms in total. The molecule has 2 aromatic rings. The van der Waals surface area contributed by atoms with E-state index in [1.807, 2.05) is 48.5 Å². The number of hydrogen-bond acceptors (Lipinski definition) is 4. The third-order valence-electron chi connectivity index (χ3n) is 7.34. The number of esters is 1. The Morgan fingerprint density at radius 3 is 2.44 bits per heavy atom. The first-order chi connectivity index (χ1) is 17.3. The minimum absolute atomic E-state index is 0.0183. The Morgan fingerprint density at radius 1 is 1.06 bits per heavy atom. The molecule has 1 heterocycles. The lowest BCUT2D eigenvalue weighted by molar-refractivity contribution is -0.187. The van der Waals surface area contributed by atoms with Crippen LogP contribution < -0.4 is 0 Å². The van der Waals surface area contributed by atoms with E-state index in [1.165, 1.54) is 7.11 Å². The van der Waals surface area contributed by atoms with E-state index in [-0.39, 0.29) is 30.4 Å². The van der Waals surface area contributed by atoms with Crippen molar-refractivity contribution in [1.82, 2.24) is 9.80 Å². The van der Waals surface area contributed by atoms with E-state index in [4.69, 9.17) is 4.74 Å². The zero-order chi connectivity index (χ0) is 25.7. The molecule has 2 aliphatic rings. The van der Waals surface area contributed by atoms with E-state index in [0.717, 1.165) is 61.3 Å². The Kier molecular flexibility index (Phi) is 8.34. The minimum Gasteiger partial charge on any atom is -0.465 e. The molecule has 1 saturated heterocycles. The number of hydrogen-bond donors (Lipinski definition) is 0. The SMILES string of the molecule is COC(=O)c1cccc(CCCN2CCC(CN(C(=O)C(F)(F)F)C3CC3c3ccccc3)CC2)c1. The number of methoxy groups -OCH3 is 1. The van der Waals surface area contributed by atoms with Gasteiger partial charge < -0.3 is 14.5 Å². The molecular weight excluding hydrogens is 469 g/mol. The van der Waals surface area contributed by atoms with Gasteiger partial charge in [0.15, 0.2) is 0 Å². The third-order valence-corrected chi connectivity index (χ3v) is 7.34. The van der Waals surface area contributed by atoms with Crippen LogP contribution in [0.1, 0.15) is 53.1 Å². The number of amides is 1. The Balaban J connectivity index is 1.26. The van der Waals surface area contributed by atoms with Gasteiger partial charge in [0.2, 0.25) is 0 Å². The largest absolute Gasteiger partial charge is 0.471 e. The highest BCUT2D eigenvalue weighted by molar-refractivity contribution is 5.89. The lowest BCUT2D eigenvalue weighted by Gasteiger charge is -2.35. The number of alkyl halides is 3. The van der Waals surface area contributed by atoms with Crippen molar-refractivity contribution < 1.29 is 27.5 Å². The van der Waals surface area contributed by atoms with E-state index >= 15 is 0 Å². The van der Waals surface area contributed by atoms with Gasteiger partial charge in [-0.3, -0.25) is 4.79 Å². The summed E-state index contributed by atoms with van der Waals surface area (Å²) in [5.74, 6) is -2.00. The highest BCUT2D eigenvalue weighted by Crippen LogP contribution is 2.46. The number of carbonyl (C=O) groups excluding carboxylic acids is 2. The molecule has 1 aliphatic heterocycles. The monoisotopic (exact) mass is 502 g/mol. The van der Waals surface area contributed by atoms with Crippen LogP contribution >= 0.6 is 0 Å². The number of rotatable bonds is 9. The summed E-state index contributed by atoms with van der Waals surface area (Å²) in [4.78, 5) is 27.4. The van der Waals surface area contributed by atoms with E-state index in [2.05, 4.69) is 4.90 Å². The summed E-state index contributed by atoms with van der Waals surface area (Å²) in [6, 6.07) is 16.5. The van der Waals surface area contributed by atoms with Gasteiger partial charge in [-0.15, -0.1) is 0 Å². The number of benzene rings is 2. The average Bonchev–Trinajstić information content (AvgIpc) is 3.68. The summed E-state index contributed by atoms with van der Waals surface area (Å²) in [5, 5.41) is 0. The van der Waals surface area contributed by atoms with Gasteiger partial charge in [0.1, 0.15) is 0 Å². The van der Waals surface area contributed by atoms with Crippen molar-refractivity contribution in [2.75, 3.05) is 33.3 Å². The van der Waals surface area contributed by atoms with Crippen LogP contribution in [0.3, 0.4) is 0 Å². The Bertz CT molecular complexity index is 1040. The van der Waals surface area contributed by atoms with Crippen molar-refractivity contribution in [1.29, 1.82) is 0 Å². The smallest absolute Gasteiger partial charge is 0.465 e. The number of piperidine rings is 1. The number of aryl methyl sites for hydroxylation is 1. The van der Waals surface area contributed by atoms with E-state index in [0.29, 0.717) is 12.0 Å². The van der Waals surface area contributed by atoms with Crippen molar-refractivity contribution >= 4 is 11.9 Å². The van der Waals surface area contributed by atoms with Crippen molar-refractivity contribution in [2.24, 2.45) is 5.92 Å². The molecular formula is C28H33F3N2O3. The molecule has 2 atom stereocenters. The normalized spacial score (nSPS) is 20.7. The summed E-state index contributed by atoms with van der Waals surface area (Å²) >= 11 is 0. The number of likely N-dealkylation sites (tertiary alicyclic amines) is 1. The second-order valence-corrected chi connectivity index (χ2v) is 9.86. The molecule has 1 amide bonds. The lowest BCUT2D eigenvalue weighted by atomic mass is 9.95. The zero-order valence-corrected chi connectivity index (χ0v) is 20.5. The quantitative estimate of drug-likeness (QED) is 0.450. The molecule has 36 heavy (non-hydrogen) atoms. The van der Waals surface area contributed by atoms with E-state index < -0.39 is 12.1 Å². The highest BCUT2D eigenvalue weighted by Gasteiger charge is 2.52. The van der Waals surface area contributed by atoms with Gasteiger partial charge in [-0.2, -0.15) is 13.2 Å². The van der Waals surface area contributed by atoms with E-state index in [1.54, 1.807) is 6.07 Å². The summed E-state index contributed by atoms with van der Waals surface area (Å²) < 4.78 is 44.9. The maximum absolute atomic E-state index is 13.4. The number of carbonyl (C=O) groups is 2. The molecule has 8 heteroatoms. The Hall–Kier alpha value is -2.87. The molecule has 1 aliphatic carbocycles. The standard InChI is InChI=1S/C28H33F3N2O3/c1-36-26(34)23-11-5-7-20(17-23)8-6-14-32-15-12-21(13-16-32)19-33(27(35)28(29,30)31)25-18-24(25)22-9-3-2-4-10-22/h2-5,7,9-11,17,21,24-25H,6,8,12-16,18-19H2,1H3. The van der Waals surface area contributed by atoms with Crippen LogP contribution in [0.2, 0.25) is 0 Å². The molecule has 2 aromatic carbocycles. The van der Waals surface area contributed by atoms with Gasteiger partial charge in [0.05, 0.1) is 12.7 Å². The summed E-state index contributed by atoms with van der Waals surface area (Å²) in [5.41, 5.74) is 2.61. The molecule has 0 spiro atoms. The first-order valence-electron chi connectivity index (χ1n) is 12.6. The first kappa shape index (κ1) is 26.2. The third kappa shape index (κ3) is 6.66. The molecule has 4 rings (SSSR count). The van der Waals surface area contributed by atoms with Gasteiger partial charge in [-0.25, -0.2) is 4.79 Å². The van der Waals surface area contributed by atoms with Crippen LogP contribution in [-0.4, -0.2) is 67.2 Å². The zero-order valence-electron chi connectivity index (χ0n) is 20.5. The van der Waals surface area contributed by atoms with Gasteiger partial charge in [0.25, 0.3) is 0 Å². The number of halogens is 3. The fourth-order valence-electron chi connectivity index (χ4n) is 5.27. The summed E-state index contributed by atoms with van der Waals surface area (Å²) in [6.45, 7) is 2.68. The first-order valence-corrected chi connectivity index (χ1v) is 12.6. The number of nitrogens with zero attached hydrogens (tertiary/aromatic N) is 2. The summed E-state index contributed by atoms with van der Waals surface area (Å²) in [6.07, 6.45) is -0.947. The fourth-order valence-corrected chi connectivity index (χ4v) is 5.27. The number of ether oxygens (including phenoxy) is 1. The predicted molar refractivity (Wildman–Crippen MR) is 131 cm³/mol. The Labute approximate surface area is 210 Å². The van der Waals surface area contributed by atoms with Gasteiger partial charge >= 0.3 is 18.1 Å². The molecule has 0 N–H and O–H groups in total. The lowest BCUT2D eigenvalue weighted by Crippen LogP contribution is -2.47. The molecule has 0 aromatic heterocycles. The van der Waals surface area contributed by atoms with Crippen LogP contribution in [0.25, 0.3) is 0 Å². The van der Waals surface area contributed by atoms with Gasteiger partial charge in [-0.1, -0.05) is 42.5 Å². The molecule has 194 valence electrons. The molecule has 2 unspecified atom stereocenters. The van der Waals surface area contributed by atoms with Gasteiger partial charge in [-0.05, 0) is 80.9 Å². The summed E-state index contributed by atoms with van der Waals surface area (Å²) in [7, 11) is 1.36. The van der Waals surface area contributed by atoms with Crippen LogP contribution in [0.5, 0.6) is 0 Å². The predicted octanol–water partition coefficient (Wildman–Crippen LogP) is 5.06.